The van der Waals surface area contributed by atoms with Crippen LogP contribution in [0.4, 0.5) is 0 Å². The Hall–Kier alpha value is -1.52. The van der Waals surface area contributed by atoms with Gasteiger partial charge in [-0.2, -0.15) is 8.42 Å². The van der Waals surface area contributed by atoms with Crippen LogP contribution in [0.15, 0.2) is 40.5 Å². The molecule has 7 nitrogen and oxygen atoms in total. The zero-order chi connectivity index (χ0) is 16.7. The zero-order valence-corrected chi connectivity index (χ0v) is 14.6. The van der Waals surface area contributed by atoms with Gasteiger partial charge in [-0.3, -0.25) is 9.28 Å². The quantitative estimate of drug-likeness (QED) is 0.343. The van der Waals surface area contributed by atoms with Gasteiger partial charge in [0.15, 0.2) is 0 Å². The van der Waals surface area contributed by atoms with Crippen molar-refractivity contribution in [3.05, 3.63) is 35.9 Å². The van der Waals surface area contributed by atoms with Gasteiger partial charge in [-0.15, -0.1) is 0 Å². The first-order valence-electron chi connectivity index (χ1n) is 6.47. The molecule has 0 bridgehead atoms. The van der Waals surface area contributed by atoms with Crippen molar-refractivity contribution in [2.75, 3.05) is 19.4 Å². The minimum atomic E-state index is -3.96. The van der Waals surface area contributed by atoms with E-state index < -0.39 is 16.1 Å². The Bertz CT molecular complexity index is 716. The van der Waals surface area contributed by atoms with E-state index in [1.165, 1.54) is 18.9 Å². The predicted molar refractivity (Wildman–Crippen MR) is 92.0 cm³/mol. The van der Waals surface area contributed by atoms with Crippen molar-refractivity contribution in [3.63, 3.8) is 0 Å². The van der Waals surface area contributed by atoms with Gasteiger partial charge in [-0.1, -0.05) is 47.2 Å². The number of hydrogen-bond acceptors (Lipinski definition) is 9. The average molecular weight is 374 g/mol. The second kappa shape index (κ2) is 8.37. The highest BCUT2D eigenvalue weighted by molar-refractivity contribution is 8.45. The van der Waals surface area contributed by atoms with Crippen LogP contribution >= 0.6 is 23.5 Å². The van der Waals surface area contributed by atoms with Crippen LogP contribution < -0.4 is 0 Å². The Kier molecular flexibility index (Phi) is 6.48. The minimum Gasteiger partial charge on any atom is -0.464 e. The van der Waals surface area contributed by atoms with Crippen molar-refractivity contribution in [1.82, 2.24) is 0 Å². The third kappa shape index (κ3) is 5.88. The highest BCUT2D eigenvalue weighted by Crippen LogP contribution is 2.24. The molecule has 2 rings (SSSR count). The molecule has 1 heterocycles. The molecule has 0 N–H and O–H groups in total. The number of rotatable bonds is 4. The van der Waals surface area contributed by atoms with E-state index in [1.807, 2.05) is 0 Å². The number of thioether (sulfide) groups is 2. The molecule has 0 unspecified atom stereocenters. The molecule has 1 aromatic carbocycles. The van der Waals surface area contributed by atoms with Crippen molar-refractivity contribution in [3.8, 4) is 0 Å². The molecule has 23 heavy (non-hydrogen) atoms. The molecule has 124 valence electrons. The minimum absolute atomic E-state index is 0.211. The summed E-state index contributed by atoms with van der Waals surface area (Å²) >= 11 is 2.38. The maximum Gasteiger partial charge on any atom is 0.367 e. The molecule has 0 spiro atoms. The van der Waals surface area contributed by atoms with Crippen molar-refractivity contribution in [1.29, 1.82) is 0 Å². The molecule has 0 saturated carbocycles. The van der Waals surface area contributed by atoms with E-state index in [0.29, 0.717) is 16.5 Å². The van der Waals surface area contributed by atoms with Crippen molar-refractivity contribution < 1.29 is 22.2 Å². The summed E-state index contributed by atoms with van der Waals surface area (Å²) < 4.78 is 33.7. The highest BCUT2D eigenvalue weighted by atomic mass is 32.2. The summed E-state index contributed by atoms with van der Waals surface area (Å²) in [6.45, 7) is 0.647. The first kappa shape index (κ1) is 17.8. The van der Waals surface area contributed by atoms with Crippen molar-refractivity contribution in [2.24, 2.45) is 10.1 Å². The molecule has 0 amide bonds. The van der Waals surface area contributed by atoms with Gasteiger partial charge >= 0.3 is 16.1 Å². The van der Waals surface area contributed by atoms with Gasteiger partial charge in [-0.25, -0.2) is 4.79 Å². The SMILES string of the molecule is COC(=O)C(=NOS(=O)(=O)Cc1ccccc1)SC1=NCCS1. The summed E-state index contributed by atoms with van der Waals surface area (Å²) in [7, 11) is -2.78. The number of esters is 1. The van der Waals surface area contributed by atoms with Crippen LogP contribution in [0.2, 0.25) is 0 Å². The summed E-state index contributed by atoms with van der Waals surface area (Å²) in [5.41, 5.74) is 0.561. The zero-order valence-electron chi connectivity index (χ0n) is 12.2. The molecule has 1 aliphatic rings. The fraction of sp³-hybridized carbons (Fsp3) is 0.308. The lowest BCUT2D eigenvalue weighted by Crippen LogP contribution is -2.16. The summed E-state index contributed by atoms with van der Waals surface area (Å²) in [6.07, 6.45) is 0. The molecule has 1 aliphatic heterocycles. The standard InChI is InChI=1S/C13H14N2O5S3/c1-19-12(16)11(22-13-14-7-8-21-13)15-20-23(17,18)9-10-5-3-2-4-6-10/h2-6H,7-9H2,1H3. The maximum absolute atomic E-state index is 11.9. The second-order valence-electron chi connectivity index (χ2n) is 4.25. The molecule has 1 aromatic rings. The lowest BCUT2D eigenvalue weighted by molar-refractivity contribution is -0.132. The first-order chi connectivity index (χ1) is 11.0. The van der Waals surface area contributed by atoms with E-state index >= 15 is 0 Å². The number of hydrogen-bond donors (Lipinski definition) is 0. The lowest BCUT2D eigenvalue weighted by Gasteiger charge is -2.05. The molecular weight excluding hydrogens is 360 g/mol. The van der Waals surface area contributed by atoms with Crippen LogP contribution in [0.25, 0.3) is 0 Å². The number of carbonyl (C=O) groups excluding carboxylic acids is 1. The summed E-state index contributed by atoms with van der Waals surface area (Å²) in [4.78, 5) is 15.8. The molecule has 10 heteroatoms. The van der Waals surface area contributed by atoms with Crippen LogP contribution in [0.1, 0.15) is 5.56 Å². The van der Waals surface area contributed by atoms with E-state index in [-0.39, 0.29) is 10.8 Å². The fourth-order valence-corrected chi connectivity index (χ4v) is 4.25. The summed E-state index contributed by atoms with van der Waals surface area (Å²) in [5.74, 6) is -0.309. The Morgan fingerprint density at radius 2 is 2.13 bits per heavy atom. The number of benzene rings is 1. The van der Waals surface area contributed by atoms with Gasteiger partial charge in [0.05, 0.1) is 13.7 Å². The summed E-state index contributed by atoms with van der Waals surface area (Å²) in [6, 6.07) is 8.54. The Balaban J connectivity index is 2.07. The number of oxime groups is 1. The molecule has 0 atom stereocenters. The van der Waals surface area contributed by atoms with E-state index in [0.717, 1.165) is 17.5 Å². The van der Waals surface area contributed by atoms with Crippen LogP contribution in [0.3, 0.4) is 0 Å². The van der Waals surface area contributed by atoms with Gasteiger partial charge in [0, 0.05) is 5.75 Å². The van der Waals surface area contributed by atoms with E-state index in [1.54, 1.807) is 30.3 Å². The smallest absolute Gasteiger partial charge is 0.367 e. The molecule has 0 radical (unpaired) electrons. The van der Waals surface area contributed by atoms with Crippen molar-refractivity contribution in [2.45, 2.75) is 5.75 Å². The van der Waals surface area contributed by atoms with Crippen LogP contribution in [0.5, 0.6) is 0 Å². The molecule has 0 aliphatic carbocycles. The largest absolute Gasteiger partial charge is 0.464 e. The van der Waals surface area contributed by atoms with Gasteiger partial charge in [0.2, 0.25) is 5.04 Å². The van der Waals surface area contributed by atoms with Gasteiger partial charge < -0.3 is 4.74 Å². The topological polar surface area (TPSA) is 94.4 Å². The van der Waals surface area contributed by atoms with E-state index in [4.69, 9.17) is 0 Å². The Morgan fingerprint density at radius 1 is 1.39 bits per heavy atom. The normalized spacial score (nSPS) is 15.2. The number of nitrogens with zero attached hydrogens (tertiary/aromatic N) is 2. The van der Waals surface area contributed by atoms with Crippen LogP contribution in [-0.4, -0.2) is 43.2 Å². The van der Waals surface area contributed by atoms with Crippen molar-refractivity contribution >= 4 is 49.0 Å². The first-order valence-corrected chi connectivity index (χ1v) is 9.85. The second-order valence-corrected chi connectivity index (χ2v) is 8.12. The molecule has 0 saturated heterocycles. The van der Waals surface area contributed by atoms with Gasteiger partial charge in [0.1, 0.15) is 10.1 Å². The maximum atomic E-state index is 11.9. The Morgan fingerprint density at radius 3 is 2.74 bits per heavy atom. The third-order valence-corrected chi connectivity index (χ3v) is 5.61. The number of aliphatic imine (C=N–C) groups is 1. The number of ether oxygens (including phenoxy) is 1. The van der Waals surface area contributed by atoms with Crippen LogP contribution in [0, 0.1) is 0 Å². The predicted octanol–water partition coefficient (Wildman–Crippen LogP) is 1.86. The summed E-state index contributed by atoms with van der Waals surface area (Å²) in [5, 5.41) is 3.24. The Labute approximate surface area is 142 Å². The van der Waals surface area contributed by atoms with Crippen LogP contribution in [-0.2, 0) is 29.7 Å². The average Bonchev–Trinajstić information content (AvgIpc) is 3.04. The lowest BCUT2D eigenvalue weighted by atomic mass is 10.2. The number of carbonyl (C=O) groups is 1. The van der Waals surface area contributed by atoms with Gasteiger partial charge in [-0.05, 0) is 17.3 Å². The fourth-order valence-electron chi connectivity index (χ4n) is 1.54. The molecular formula is C13H14N2O5S3. The number of methoxy groups -OCH3 is 1. The van der Waals surface area contributed by atoms with E-state index in [9.17, 15) is 13.2 Å². The van der Waals surface area contributed by atoms with Gasteiger partial charge in [0.25, 0.3) is 0 Å². The molecule has 0 fully saturated rings. The van der Waals surface area contributed by atoms with E-state index in [2.05, 4.69) is 19.2 Å². The highest BCUT2D eigenvalue weighted by Gasteiger charge is 2.22. The monoisotopic (exact) mass is 374 g/mol. The molecule has 0 aromatic heterocycles. The third-order valence-electron chi connectivity index (χ3n) is 2.52.